The number of halogens is 1. The van der Waals surface area contributed by atoms with Crippen LogP contribution in [0.15, 0.2) is 53.0 Å². The molecule has 0 spiro atoms. The van der Waals surface area contributed by atoms with E-state index in [1.165, 1.54) is 6.92 Å². The van der Waals surface area contributed by atoms with Crippen molar-refractivity contribution in [3.05, 3.63) is 64.1 Å². The molecule has 23 heavy (non-hydrogen) atoms. The molecule has 5 nitrogen and oxygen atoms in total. The van der Waals surface area contributed by atoms with Crippen LogP contribution < -0.4 is 5.32 Å². The van der Waals surface area contributed by atoms with Crippen molar-refractivity contribution in [2.75, 3.05) is 5.32 Å². The van der Waals surface area contributed by atoms with Gasteiger partial charge in [-0.15, -0.1) is 0 Å². The molecule has 0 heterocycles. The highest BCUT2D eigenvalue weighted by molar-refractivity contribution is 9.10. The Morgan fingerprint density at radius 1 is 1.22 bits per heavy atom. The van der Waals surface area contributed by atoms with E-state index in [9.17, 15) is 9.59 Å². The Kier molecular flexibility index (Phi) is 5.50. The van der Waals surface area contributed by atoms with Crippen molar-refractivity contribution in [1.29, 1.82) is 5.26 Å². The third-order valence-corrected chi connectivity index (χ3v) is 3.70. The number of nitrogens with zero attached hydrogens (tertiary/aromatic N) is 1. The molecular formula is C17H13BrN2O3. The van der Waals surface area contributed by atoms with E-state index < -0.39 is 18.0 Å². The summed E-state index contributed by atoms with van der Waals surface area (Å²) in [6.45, 7) is 1.48. The molecule has 1 amide bonds. The Labute approximate surface area is 142 Å². The smallest absolute Gasteiger partial charge is 0.340 e. The highest BCUT2D eigenvalue weighted by Crippen LogP contribution is 2.18. The molecule has 2 rings (SSSR count). The van der Waals surface area contributed by atoms with Crippen molar-refractivity contribution in [2.45, 2.75) is 13.0 Å². The maximum atomic E-state index is 12.1. The Balaban J connectivity index is 2.01. The maximum Gasteiger partial charge on any atom is 0.340 e. The first-order chi connectivity index (χ1) is 11.0. The summed E-state index contributed by atoms with van der Waals surface area (Å²) in [6.07, 6.45) is -0.972. The van der Waals surface area contributed by atoms with Crippen LogP contribution in [-0.4, -0.2) is 18.0 Å². The van der Waals surface area contributed by atoms with Gasteiger partial charge in [-0.25, -0.2) is 4.79 Å². The van der Waals surface area contributed by atoms with Crippen molar-refractivity contribution < 1.29 is 14.3 Å². The lowest BCUT2D eigenvalue weighted by molar-refractivity contribution is -0.123. The number of nitriles is 1. The van der Waals surface area contributed by atoms with Crippen LogP contribution in [0.5, 0.6) is 0 Å². The van der Waals surface area contributed by atoms with E-state index in [1.54, 1.807) is 48.5 Å². The van der Waals surface area contributed by atoms with Gasteiger partial charge in [0.15, 0.2) is 6.10 Å². The summed E-state index contributed by atoms with van der Waals surface area (Å²) in [5, 5.41) is 11.4. The van der Waals surface area contributed by atoms with E-state index in [2.05, 4.69) is 21.2 Å². The quantitative estimate of drug-likeness (QED) is 0.832. The Morgan fingerprint density at radius 3 is 2.65 bits per heavy atom. The van der Waals surface area contributed by atoms with Gasteiger partial charge in [0.2, 0.25) is 0 Å². The topological polar surface area (TPSA) is 79.2 Å². The van der Waals surface area contributed by atoms with E-state index in [0.29, 0.717) is 21.3 Å². The molecule has 0 aromatic heterocycles. The second kappa shape index (κ2) is 7.56. The number of anilines is 1. The number of ether oxygens (including phenoxy) is 1. The molecular weight excluding hydrogens is 360 g/mol. The highest BCUT2D eigenvalue weighted by Gasteiger charge is 2.20. The van der Waals surface area contributed by atoms with Crippen molar-refractivity contribution in [2.24, 2.45) is 0 Å². The maximum absolute atomic E-state index is 12.1. The molecule has 6 heteroatoms. The molecule has 0 unspecified atom stereocenters. The van der Waals surface area contributed by atoms with Gasteiger partial charge in [0.1, 0.15) is 0 Å². The molecule has 0 radical (unpaired) electrons. The van der Waals surface area contributed by atoms with Crippen LogP contribution in [0.3, 0.4) is 0 Å². The van der Waals surface area contributed by atoms with E-state index in [-0.39, 0.29) is 0 Å². The second-order valence-electron chi connectivity index (χ2n) is 4.71. The number of carbonyl (C=O) groups is 2. The molecule has 2 aromatic carbocycles. The lowest BCUT2D eigenvalue weighted by atomic mass is 10.2. The fourth-order valence-corrected chi connectivity index (χ4v) is 2.26. The van der Waals surface area contributed by atoms with Crippen molar-refractivity contribution >= 4 is 33.5 Å². The third kappa shape index (κ3) is 4.41. The van der Waals surface area contributed by atoms with E-state index in [4.69, 9.17) is 10.00 Å². The van der Waals surface area contributed by atoms with Gasteiger partial charge in [0, 0.05) is 10.2 Å². The zero-order valence-corrected chi connectivity index (χ0v) is 13.8. The zero-order chi connectivity index (χ0) is 16.8. The molecule has 0 aliphatic heterocycles. The predicted molar refractivity (Wildman–Crippen MR) is 88.8 cm³/mol. The minimum atomic E-state index is -0.972. The highest BCUT2D eigenvalue weighted by atomic mass is 79.9. The molecule has 0 saturated heterocycles. The summed E-state index contributed by atoms with van der Waals surface area (Å²) >= 11 is 3.26. The van der Waals surface area contributed by atoms with Crippen molar-refractivity contribution in [1.82, 2.24) is 0 Å². The Morgan fingerprint density at radius 2 is 1.96 bits per heavy atom. The van der Waals surface area contributed by atoms with Crippen LogP contribution in [0.25, 0.3) is 0 Å². The number of benzene rings is 2. The molecule has 0 fully saturated rings. The van der Waals surface area contributed by atoms with Crippen LogP contribution in [0.4, 0.5) is 5.69 Å². The van der Waals surface area contributed by atoms with Gasteiger partial charge in [-0.3, -0.25) is 4.79 Å². The zero-order valence-electron chi connectivity index (χ0n) is 12.2. The van der Waals surface area contributed by atoms with E-state index >= 15 is 0 Å². The van der Waals surface area contributed by atoms with Gasteiger partial charge in [0.25, 0.3) is 5.91 Å². The fourth-order valence-electron chi connectivity index (χ4n) is 1.81. The SMILES string of the molecule is C[C@@H](OC(=O)c1ccccc1Br)C(=O)Nc1cccc(C#N)c1. The average molecular weight is 373 g/mol. The summed E-state index contributed by atoms with van der Waals surface area (Å²) in [5.41, 5.74) is 1.25. The normalized spacial score (nSPS) is 11.2. The second-order valence-corrected chi connectivity index (χ2v) is 5.56. The summed E-state index contributed by atoms with van der Waals surface area (Å²) in [7, 11) is 0. The van der Waals surface area contributed by atoms with E-state index in [1.807, 2.05) is 6.07 Å². The van der Waals surface area contributed by atoms with Crippen LogP contribution in [0.1, 0.15) is 22.8 Å². The Hall–Kier alpha value is -2.65. The van der Waals surface area contributed by atoms with Gasteiger partial charge in [-0.2, -0.15) is 5.26 Å². The van der Waals surface area contributed by atoms with Crippen LogP contribution in [-0.2, 0) is 9.53 Å². The molecule has 0 aliphatic carbocycles. The fraction of sp³-hybridized carbons (Fsp3) is 0.118. The number of carbonyl (C=O) groups excluding carboxylic acids is 2. The largest absolute Gasteiger partial charge is 0.449 e. The molecule has 1 N–H and O–H groups in total. The van der Waals surface area contributed by atoms with Crippen LogP contribution in [0.2, 0.25) is 0 Å². The monoisotopic (exact) mass is 372 g/mol. The van der Waals surface area contributed by atoms with Crippen molar-refractivity contribution in [3.63, 3.8) is 0 Å². The third-order valence-electron chi connectivity index (χ3n) is 3.01. The summed E-state index contributed by atoms with van der Waals surface area (Å²) in [4.78, 5) is 24.1. The van der Waals surface area contributed by atoms with Crippen LogP contribution >= 0.6 is 15.9 Å². The minimum absolute atomic E-state index is 0.346. The van der Waals surface area contributed by atoms with Gasteiger partial charge < -0.3 is 10.1 Å². The first-order valence-corrected chi connectivity index (χ1v) is 7.57. The van der Waals surface area contributed by atoms with Crippen molar-refractivity contribution in [3.8, 4) is 6.07 Å². The molecule has 0 aliphatic rings. The lowest BCUT2D eigenvalue weighted by Gasteiger charge is -2.14. The number of amides is 1. The summed E-state index contributed by atoms with van der Waals surface area (Å²) in [5.74, 6) is -1.06. The first-order valence-electron chi connectivity index (χ1n) is 6.78. The number of rotatable bonds is 4. The van der Waals surface area contributed by atoms with Gasteiger partial charge in [0.05, 0.1) is 17.2 Å². The number of hydrogen-bond donors (Lipinski definition) is 1. The molecule has 116 valence electrons. The summed E-state index contributed by atoms with van der Waals surface area (Å²) in [6, 6.07) is 15.3. The Bertz CT molecular complexity index is 783. The molecule has 1 atom stereocenters. The van der Waals surface area contributed by atoms with Gasteiger partial charge in [-0.1, -0.05) is 18.2 Å². The number of hydrogen-bond acceptors (Lipinski definition) is 4. The number of nitrogens with one attached hydrogen (secondary N) is 1. The van der Waals surface area contributed by atoms with Gasteiger partial charge >= 0.3 is 5.97 Å². The van der Waals surface area contributed by atoms with Gasteiger partial charge in [-0.05, 0) is 53.2 Å². The summed E-state index contributed by atoms with van der Waals surface area (Å²) < 4.78 is 5.76. The molecule has 0 saturated carbocycles. The van der Waals surface area contributed by atoms with Crippen LogP contribution in [0, 0.1) is 11.3 Å². The minimum Gasteiger partial charge on any atom is -0.449 e. The average Bonchev–Trinajstić information content (AvgIpc) is 2.55. The standard InChI is InChI=1S/C17H13BrN2O3/c1-11(23-17(22)14-7-2-3-8-15(14)18)16(21)20-13-6-4-5-12(9-13)10-19/h2-9,11H,1H3,(H,20,21)/t11-/m1/s1. The predicted octanol–water partition coefficient (Wildman–Crippen LogP) is 3.50. The van der Waals surface area contributed by atoms with E-state index in [0.717, 1.165) is 0 Å². The first kappa shape index (κ1) is 16.7. The molecule has 0 bridgehead atoms. The molecule has 2 aromatic rings. The number of esters is 1. The lowest BCUT2D eigenvalue weighted by Crippen LogP contribution is -2.30.